The second-order valence-electron chi connectivity index (χ2n) is 7.01. The van der Waals surface area contributed by atoms with Gasteiger partial charge >= 0.3 is 0 Å². The third-order valence-corrected chi connectivity index (χ3v) is 5.56. The van der Waals surface area contributed by atoms with Crippen LogP contribution in [0.2, 0.25) is 0 Å². The summed E-state index contributed by atoms with van der Waals surface area (Å²) in [4.78, 5) is 12.8. The van der Waals surface area contributed by atoms with Gasteiger partial charge in [0.15, 0.2) is 0 Å². The van der Waals surface area contributed by atoms with Crippen LogP contribution >= 0.6 is 0 Å². The molecule has 0 fully saturated rings. The molecule has 1 aromatic carbocycles. The van der Waals surface area contributed by atoms with Crippen molar-refractivity contribution in [2.24, 2.45) is 0 Å². The second-order valence-corrected chi connectivity index (χ2v) is 7.01. The molecule has 1 amide bonds. The Kier molecular flexibility index (Phi) is 7.91. The predicted molar refractivity (Wildman–Crippen MR) is 110 cm³/mol. The fourth-order valence-corrected chi connectivity index (χ4v) is 3.64. The lowest BCUT2D eigenvalue weighted by molar-refractivity contribution is 0.101. The number of hydrogen-bond acceptors (Lipinski definition) is 5. The lowest BCUT2D eigenvalue weighted by Gasteiger charge is -2.29. The van der Waals surface area contributed by atoms with E-state index in [1.54, 1.807) is 18.2 Å². The second kappa shape index (κ2) is 10.2. The molecule has 0 spiro atoms. The van der Waals surface area contributed by atoms with Crippen LogP contribution in [0.3, 0.4) is 0 Å². The van der Waals surface area contributed by atoms with Crippen LogP contribution in [-0.4, -0.2) is 25.3 Å². The molecule has 6 heteroatoms. The van der Waals surface area contributed by atoms with Crippen molar-refractivity contribution in [1.29, 1.82) is 0 Å². The van der Waals surface area contributed by atoms with Gasteiger partial charge in [-0.05, 0) is 31.4 Å². The number of rotatable bonds is 11. The summed E-state index contributed by atoms with van der Waals surface area (Å²) >= 11 is 0. The average Bonchev–Trinajstić information content (AvgIpc) is 3.19. The van der Waals surface area contributed by atoms with Crippen LogP contribution in [0.15, 0.2) is 28.8 Å². The van der Waals surface area contributed by atoms with Crippen molar-refractivity contribution in [2.75, 3.05) is 19.5 Å². The van der Waals surface area contributed by atoms with Crippen LogP contribution in [0, 0.1) is 0 Å². The van der Waals surface area contributed by atoms with E-state index in [2.05, 4.69) is 31.2 Å². The largest absolute Gasteiger partial charge is 0.496 e. The van der Waals surface area contributed by atoms with Gasteiger partial charge in [0, 0.05) is 11.5 Å². The third kappa shape index (κ3) is 4.66. The molecular weight excluding hydrogens is 356 g/mol. The van der Waals surface area contributed by atoms with Gasteiger partial charge in [-0.15, -0.1) is 0 Å². The van der Waals surface area contributed by atoms with Crippen molar-refractivity contribution in [3.05, 3.63) is 35.5 Å². The van der Waals surface area contributed by atoms with Gasteiger partial charge in [-0.1, -0.05) is 51.3 Å². The molecule has 0 saturated heterocycles. The van der Waals surface area contributed by atoms with Gasteiger partial charge in [0.1, 0.15) is 17.1 Å². The SMILES string of the molecule is CCCCCC(CC)(CC)c1cc(NC(=O)c2c(OC)cccc2OC)on1. The van der Waals surface area contributed by atoms with E-state index < -0.39 is 0 Å². The molecule has 0 saturated carbocycles. The van der Waals surface area contributed by atoms with Crippen molar-refractivity contribution in [3.63, 3.8) is 0 Å². The molecule has 0 radical (unpaired) electrons. The van der Waals surface area contributed by atoms with Crippen LogP contribution < -0.4 is 14.8 Å². The number of carbonyl (C=O) groups excluding carboxylic acids is 1. The van der Waals surface area contributed by atoms with Crippen molar-refractivity contribution in [1.82, 2.24) is 5.16 Å². The lowest BCUT2D eigenvalue weighted by Crippen LogP contribution is -2.25. The van der Waals surface area contributed by atoms with Gasteiger partial charge in [0.25, 0.3) is 5.91 Å². The number of methoxy groups -OCH3 is 2. The topological polar surface area (TPSA) is 73.6 Å². The highest BCUT2D eigenvalue weighted by atomic mass is 16.5. The molecule has 0 aliphatic carbocycles. The number of benzene rings is 1. The minimum absolute atomic E-state index is 0.0240. The Morgan fingerprint density at radius 2 is 1.75 bits per heavy atom. The van der Waals surface area contributed by atoms with Crippen molar-refractivity contribution >= 4 is 11.8 Å². The summed E-state index contributed by atoms with van der Waals surface area (Å²) in [5.74, 6) is 0.844. The summed E-state index contributed by atoms with van der Waals surface area (Å²) < 4.78 is 16.1. The summed E-state index contributed by atoms with van der Waals surface area (Å²) in [5.41, 5.74) is 1.20. The Labute approximate surface area is 167 Å². The number of anilines is 1. The lowest BCUT2D eigenvalue weighted by atomic mass is 9.75. The standard InChI is InChI=1S/C22H32N2O4/c1-6-9-10-14-22(7-2,8-3)18-15-19(28-24-18)23-21(25)20-16(26-4)12-11-13-17(20)27-5/h11-13,15H,6-10,14H2,1-5H3,(H,23,25). The molecule has 2 rings (SSSR count). The zero-order valence-electron chi connectivity index (χ0n) is 17.6. The van der Waals surface area contributed by atoms with Crippen LogP contribution in [0.1, 0.15) is 75.3 Å². The Bertz CT molecular complexity index is 743. The zero-order chi connectivity index (χ0) is 20.6. The number of unbranched alkanes of at least 4 members (excludes halogenated alkanes) is 2. The molecule has 0 aliphatic rings. The molecule has 154 valence electrons. The molecule has 1 aromatic heterocycles. The van der Waals surface area contributed by atoms with Gasteiger partial charge in [-0.2, -0.15) is 0 Å². The Morgan fingerprint density at radius 1 is 1.11 bits per heavy atom. The highest BCUT2D eigenvalue weighted by Gasteiger charge is 2.32. The van der Waals surface area contributed by atoms with Crippen LogP contribution in [0.4, 0.5) is 5.88 Å². The maximum absolute atomic E-state index is 12.8. The number of ether oxygens (including phenoxy) is 2. The first kappa shape index (κ1) is 21.8. The summed E-state index contributed by atoms with van der Waals surface area (Å²) in [6, 6.07) is 7.05. The quantitative estimate of drug-likeness (QED) is 0.509. The van der Waals surface area contributed by atoms with E-state index in [9.17, 15) is 4.79 Å². The van der Waals surface area contributed by atoms with Gasteiger partial charge in [0.05, 0.1) is 19.9 Å². The number of nitrogens with zero attached hydrogens (tertiary/aromatic N) is 1. The van der Waals surface area contributed by atoms with Gasteiger partial charge in [0.2, 0.25) is 5.88 Å². The Morgan fingerprint density at radius 3 is 2.29 bits per heavy atom. The minimum atomic E-state index is -0.360. The normalized spacial score (nSPS) is 11.3. The minimum Gasteiger partial charge on any atom is -0.496 e. The smallest absolute Gasteiger partial charge is 0.265 e. The monoisotopic (exact) mass is 388 g/mol. The fourth-order valence-electron chi connectivity index (χ4n) is 3.64. The van der Waals surface area contributed by atoms with Crippen LogP contribution in [0.25, 0.3) is 0 Å². The van der Waals surface area contributed by atoms with E-state index in [1.165, 1.54) is 27.1 Å². The number of amides is 1. The molecule has 0 aliphatic heterocycles. The summed E-state index contributed by atoms with van der Waals surface area (Å²) in [6.07, 6.45) is 6.57. The van der Waals surface area contributed by atoms with E-state index in [0.29, 0.717) is 22.9 Å². The van der Waals surface area contributed by atoms with Crippen molar-refractivity contribution in [2.45, 2.75) is 64.7 Å². The van der Waals surface area contributed by atoms with E-state index >= 15 is 0 Å². The number of nitrogens with one attached hydrogen (secondary N) is 1. The molecule has 1 heterocycles. The molecule has 2 aromatic rings. The van der Waals surface area contributed by atoms with E-state index in [4.69, 9.17) is 14.0 Å². The van der Waals surface area contributed by atoms with Crippen molar-refractivity contribution < 1.29 is 18.8 Å². The first-order valence-corrected chi connectivity index (χ1v) is 10.0. The number of hydrogen-bond donors (Lipinski definition) is 1. The van der Waals surface area contributed by atoms with E-state index in [-0.39, 0.29) is 11.3 Å². The molecule has 28 heavy (non-hydrogen) atoms. The summed E-state index contributed by atoms with van der Waals surface area (Å²) in [7, 11) is 3.04. The molecule has 0 atom stereocenters. The van der Waals surface area contributed by atoms with Gasteiger partial charge < -0.3 is 14.0 Å². The first-order chi connectivity index (χ1) is 13.5. The maximum Gasteiger partial charge on any atom is 0.265 e. The summed E-state index contributed by atoms with van der Waals surface area (Å²) in [6.45, 7) is 6.57. The molecule has 0 bridgehead atoms. The highest BCUT2D eigenvalue weighted by Crippen LogP contribution is 2.37. The predicted octanol–water partition coefficient (Wildman–Crippen LogP) is 5.58. The van der Waals surface area contributed by atoms with Crippen molar-refractivity contribution in [3.8, 4) is 11.5 Å². The fraction of sp³-hybridized carbons (Fsp3) is 0.545. The number of aromatic nitrogens is 1. The molecule has 1 N–H and O–H groups in total. The van der Waals surface area contributed by atoms with Gasteiger partial charge in [-0.3, -0.25) is 10.1 Å². The molecular formula is C22H32N2O4. The number of carbonyl (C=O) groups is 1. The van der Waals surface area contributed by atoms with Crippen LogP contribution in [0.5, 0.6) is 11.5 Å². The molecule has 0 unspecified atom stereocenters. The highest BCUT2D eigenvalue weighted by molar-refractivity contribution is 6.07. The Balaban J connectivity index is 2.23. The third-order valence-electron chi connectivity index (χ3n) is 5.56. The Hall–Kier alpha value is -2.50. The first-order valence-electron chi connectivity index (χ1n) is 10.0. The van der Waals surface area contributed by atoms with Crippen LogP contribution in [-0.2, 0) is 5.41 Å². The summed E-state index contributed by atoms with van der Waals surface area (Å²) in [5, 5.41) is 7.08. The maximum atomic E-state index is 12.8. The van der Waals surface area contributed by atoms with E-state index in [0.717, 1.165) is 31.4 Å². The zero-order valence-corrected chi connectivity index (χ0v) is 17.6. The van der Waals surface area contributed by atoms with E-state index in [1.807, 2.05) is 6.07 Å². The molecule has 6 nitrogen and oxygen atoms in total. The van der Waals surface area contributed by atoms with Gasteiger partial charge in [-0.25, -0.2) is 0 Å². The average molecular weight is 389 g/mol.